The van der Waals surface area contributed by atoms with E-state index >= 15 is 0 Å². The van der Waals surface area contributed by atoms with Crippen LogP contribution in [-0.2, 0) is 4.79 Å². The molecule has 0 saturated carbocycles. The summed E-state index contributed by atoms with van der Waals surface area (Å²) in [6, 6.07) is 7.53. The standard InChI is InChI=1S/C16H21N3O2.ClH/c20-15-4-2-10-19(15)14-7-5-12(6-8-14)16(21)18-13-3-1-9-17-11-13;/h5-8,13,17H,1-4,9-11H2,(H,18,21);1H/t13-;/m0./s1. The molecule has 2 saturated heterocycles. The summed E-state index contributed by atoms with van der Waals surface area (Å²) >= 11 is 0. The summed E-state index contributed by atoms with van der Waals surface area (Å²) in [5.41, 5.74) is 1.53. The predicted octanol–water partition coefficient (Wildman–Crippen LogP) is 1.72. The Morgan fingerprint density at radius 2 is 2.00 bits per heavy atom. The number of hydrogen-bond donors (Lipinski definition) is 2. The third-order valence-electron chi connectivity index (χ3n) is 4.15. The summed E-state index contributed by atoms with van der Waals surface area (Å²) in [5.74, 6) is 0.128. The number of piperidine rings is 1. The van der Waals surface area contributed by atoms with Crippen molar-refractivity contribution in [2.45, 2.75) is 31.7 Å². The maximum atomic E-state index is 12.2. The van der Waals surface area contributed by atoms with E-state index in [0.717, 1.165) is 44.6 Å². The molecule has 3 rings (SSSR count). The molecule has 0 aliphatic carbocycles. The van der Waals surface area contributed by atoms with Crippen molar-refractivity contribution in [2.75, 3.05) is 24.5 Å². The van der Waals surface area contributed by atoms with E-state index in [2.05, 4.69) is 10.6 Å². The third-order valence-corrected chi connectivity index (χ3v) is 4.15. The van der Waals surface area contributed by atoms with Crippen LogP contribution in [0.4, 0.5) is 5.69 Å². The molecule has 1 atom stereocenters. The van der Waals surface area contributed by atoms with E-state index in [1.54, 1.807) is 17.0 Å². The number of benzene rings is 1. The van der Waals surface area contributed by atoms with Gasteiger partial charge in [-0.3, -0.25) is 9.59 Å². The Morgan fingerprint density at radius 3 is 2.59 bits per heavy atom. The lowest BCUT2D eigenvalue weighted by molar-refractivity contribution is -0.117. The van der Waals surface area contributed by atoms with Gasteiger partial charge in [-0.15, -0.1) is 12.4 Å². The second-order valence-corrected chi connectivity index (χ2v) is 5.71. The minimum atomic E-state index is -0.0389. The van der Waals surface area contributed by atoms with Crippen LogP contribution in [0.25, 0.3) is 0 Å². The molecule has 2 N–H and O–H groups in total. The van der Waals surface area contributed by atoms with Gasteiger partial charge in [-0.1, -0.05) is 0 Å². The zero-order valence-corrected chi connectivity index (χ0v) is 13.3. The van der Waals surface area contributed by atoms with E-state index in [0.29, 0.717) is 12.0 Å². The quantitative estimate of drug-likeness (QED) is 0.890. The van der Waals surface area contributed by atoms with E-state index in [1.165, 1.54) is 0 Å². The highest BCUT2D eigenvalue weighted by molar-refractivity contribution is 5.97. The molecule has 6 heteroatoms. The number of amides is 2. The fourth-order valence-electron chi connectivity index (χ4n) is 2.96. The van der Waals surface area contributed by atoms with Crippen molar-refractivity contribution < 1.29 is 9.59 Å². The summed E-state index contributed by atoms with van der Waals surface area (Å²) in [5, 5.41) is 6.33. The minimum absolute atomic E-state index is 0. The van der Waals surface area contributed by atoms with E-state index < -0.39 is 0 Å². The van der Waals surface area contributed by atoms with Gasteiger partial charge in [-0.2, -0.15) is 0 Å². The van der Waals surface area contributed by atoms with Gasteiger partial charge in [-0.25, -0.2) is 0 Å². The van der Waals surface area contributed by atoms with Gasteiger partial charge >= 0.3 is 0 Å². The number of carbonyl (C=O) groups is 2. The van der Waals surface area contributed by atoms with Gasteiger partial charge in [0.15, 0.2) is 0 Å². The Hall–Kier alpha value is -1.59. The molecule has 1 aromatic carbocycles. The highest BCUT2D eigenvalue weighted by atomic mass is 35.5. The molecule has 5 nitrogen and oxygen atoms in total. The lowest BCUT2D eigenvalue weighted by atomic mass is 10.1. The fraction of sp³-hybridized carbons (Fsp3) is 0.500. The molecule has 2 aliphatic heterocycles. The molecule has 2 amide bonds. The zero-order chi connectivity index (χ0) is 14.7. The van der Waals surface area contributed by atoms with Gasteiger partial charge in [0.1, 0.15) is 0 Å². The Balaban J connectivity index is 0.00000176. The van der Waals surface area contributed by atoms with Crippen LogP contribution in [0.3, 0.4) is 0 Å². The second-order valence-electron chi connectivity index (χ2n) is 5.71. The summed E-state index contributed by atoms with van der Waals surface area (Å²) in [6.45, 7) is 2.65. The highest BCUT2D eigenvalue weighted by Gasteiger charge is 2.22. The smallest absolute Gasteiger partial charge is 0.251 e. The first-order valence-electron chi connectivity index (χ1n) is 7.66. The largest absolute Gasteiger partial charge is 0.348 e. The van der Waals surface area contributed by atoms with Crippen LogP contribution < -0.4 is 15.5 Å². The maximum Gasteiger partial charge on any atom is 0.251 e. The fourth-order valence-corrected chi connectivity index (χ4v) is 2.96. The Bertz CT molecular complexity index is 527. The highest BCUT2D eigenvalue weighted by Crippen LogP contribution is 2.21. The molecule has 2 heterocycles. The van der Waals surface area contributed by atoms with E-state index in [9.17, 15) is 9.59 Å². The molecule has 0 radical (unpaired) electrons. The van der Waals surface area contributed by atoms with Crippen LogP contribution >= 0.6 is 12.4 Å². The number of anilines is 1. The Morgan fingerprint density at radius 1 is 1.23 bits per heavy atom. The van der Waals surface area contributed by atoms with Crippen LogP contribution in [0, 0.1) is 0 Å². The third kappa shape index (κ3) is 3.78. The van der Waals surface area contributed by atoms with Gasteiger partial charge in [0.05, 0.1) is 0 Å². The van der Waals surface area contributed by atoms with Crippen LogP contribution in [0.15, 0.2) is 24.3 Å². The second kappa shape index (κ2) is 7.61. The average Bonchev–Trinajstić information content (AvgIpc) is 2.94. The van der Waals surface area contributed by atoms with Crippen LogP contribution in [0.5, 0.6) is 0 Å². The number of hydrogen-bond acceptors (Lipinski definition) is 3. The SMILES string of the molecule is Cl.O=C(N[C@H]1CCCNC1)c1ccc(N2CCCC2=O)cc1. The molecule has 0 bridgehead atoms. The number of nitrogens with zero attached hydrogens (tertiary/aromatic N) is 1. The zero-order valence-electron chi connectivity index (χ0n) is 12.5. The molecule has 2 fully saturated rings. The van der Waals surface area contributed by atoms with Crippen molar-refractivity contribution in [3.05, 3.63) is 29.8 Å². The number of halogens is 1. The first-order chi connectivity index (χ1) is 10.2. The van der Waals surface area contributed by atoms with Gasteiger partial charge in [0, 0.05) is 36.8 Å². The molecular weight excluding hydrogens is 302 g/mol. The van der Waals surface area contributed by atoms with Gasteiger partial charge < -0.3 is 15.5 Å². The van der Waals surface area contributed by atoms with Crippen molar-refractivity contribution >= 4 is 29.9 Å². The minimum Gasteiger partial charge on any atom is -0.348 e. The molecule has 0 aromatic heterocycles. The molecule has 0 unspecified atom stereocenters. The van der Waals surface area contributed by atoms with Gasteiger partial charge in [0.25, 0.3) is 5.91 Å². The summed E-state index contributed by atoms with van der Waals surface area (Å²) in [7, 11) is 0. The molecule has 1 aromatic rings. The van der Waals surface area contributed by atoms with Crippen molar-refractivity contribution in [2.24, 2.45) is 0 Å². The molecule has 120 valence electrons. The van der Waals surface area contributed by atoms with Crippen LogP contribution in [-0.4, -0.2) is 37.5 Å². The van der Waals surface area contributed by atoms with Crippen molar-refractivity contribution in [3.63, 3.8) is 0 Å². The maximum absolute atomic E-state index is 12.2. The predicted molar refractivity (Wildman–Crippen MR) is 88.6 cm³/mol. The Labute approximate surface area is 136 Å². The van der Waals surface area contributed by atoms with Crippen molar-refractivity contribution in [1.29, 1.82) is 0 Å². The summed E-state index contributed by atoms with van der Waals surface area (Å²) < 4.78 is 0. The van der Waals surface area contributed by atoms with Crippen molar-refractivity contribution in [1.82, 2.24) is 10.6 Å². The topological polar surface area (TPSA) is 61.4 Å². The molecule has 2 aliphatic rings. The van der Waals surface area contributed by atoms with Crippen LogP contribution in [0.2, 0.25) is 0 Å². The first kappa shape index (κ1) is 16.8. The molecule has 22 heavy (non-hydrogen) atoms. The van der Waals surface area contributed by atoms with E-state index in [1.807, 2.05) is 12.1 Å². The van der Waals surface area contributed by atoms with Gasteiger partial charge in [-0.05, 0) is 50.1 Å². The van der Waals surface area contributed by atoms with Crippen molar-refractivity contribution in [3.8, 4) is 0 Å². The monoisotopic (exact) mass is 323 g/mol. The average molecular weight is 324 g/mol. The first-order valence-corrected chi connectivity index (χ1v) is 7.66. The lowest BCUT2D eigenvalue weighted by Crippen LogP contribution is -2.45. The Kier molecular flexibility index (Phi) is 5.80. The normalized spacial score (nSPS) is 21.4. The number of rotatable bonds is 3. The molecular formula is C16H22ClN3O2. The lowest BCUT2D eigenvalue weighted by Gasteiger charge is -2.24. The van der Waals surface area contributed by atoms with Gasteiger partial charge in [0.2, 0.25) is 5.91 Å². The van der Waals surface area contributed by atoms with E-state index in [-0.39, 0.29) is 30.3 Å². The van der Waals surface area contributed by atoms with E-state index in [4.69, 9.17) is 0 Å². The summed E-state index contributed by atoms with van der Waals surface area (Å²) in [4.78, 5) is 25.7. The van der Waals surface area contributed by atoms with Crippen LogP contribution in [0.1, 0.15) is 36.0 Å². The number of nitrogens with one attached hydrogen (secondary N) is 2. The number of carbonyl (C=O) groups excluding carboxylic acids is 2. The summed E-state index contributed by atoms with van der Waals surface area (Å²) in [6.07, 6.45) is 3.66. The molecule has 0 spiro atoms.